The van der Waals surface area contributed by atoms with E-state index in [9.17, 15) is 9.18 Å². The number of amides is 1. The molecule has 1 aliphatic carbocycles. The molecule has 1 unspecified atom stereocenters. The second-order valence-electron chi connectivity index (χ2n) is 9.76. The Morgan fingerprint density at radius 3 is 2.59 bits per heavy atom. The van der Waals surface area contributed by atoms with E-state index in [-0.39, 0.29) is 17.0 Å². The zero-order valence-corrected chi connectivity index (χ0v) is 22.1. The van der Waals surface area contributed by atoms with Crippen LogP contribution in [0.25, 0.3) is 0 Å². The highest BCUT2D eigenvalue weighted by molar-refractivity contribution is 7.97. The van der Waals surface area contributed by atoms with Crippen molar-refractivity contribution < 1.29 is 13.9 Å². The van der Waals surface area contributed by atoms with E-state index in [1.54, 1.807) is 18.4 Å². The molecule has 184 valence electrons. The second-order valence-corrected chi connectivity index (χ2v) is 11.2. The zero-order valence-electron chi connectivity index (χ0n) is 19.8. The molecule has 8 heteroatoms. The third-order valence-electron chi connectivity index (χ3n) is 7.10. The molecule has 2 aliphatic rings. The van der Waals surface area contributed by atoms with Crippen molar-refractivity contribution in [3.63, 3.8) is 0 Å². The molecule has 2 fully saturated rings. The fourth-order valence-electron chi connectivity index (χ4n) is 4.62. The van der Waals surface area contributed by atoms with Crippen LogP contribution in [-0.2, 0) is 0 Å². The minimum absolute atomic E-state index is 0.00773. The van der Waals surface area contributed by atoms with Crippen molar-refractivity contribution in [1.29, 1.82) is 0 Å². The molecule has 4 nitrogen and oxygen atoms in total. The highest BCUT2D eigenvalue weighted by atomic mass is 35.5. The van der Waals surface area contributed by atoms with E-state index < -0.39 is 11.7 Å². The zero-order chi connectivity index (χ0) is 24.5. The number of ether oxygens (including phenoxy) is 1. The maximum absolute atomic E-state index is 14.7. The van der Waals surface area contributed by atoms with Crippen molar-refractivity contribution in [2.75, 3.05) is 26.0 Å². The Labute approximate surface area is 215 Å². The van der Waals surface area contributed by atoms with Gasteiger partial charge in [-0.25, -0.2) is 4.39 Å². The molecule has 0 spiro atoms. The summed E-state index contributed by atoms with van der Waals surface area (Å²) in [6.45, 7) is 6.78. The summed E-state index contributed by atoms with van der Waals surface area (Å²) in [5.41, 5.74) is 2.10. The smallest absolute Gasteiger partial charge is 0.264 e. The minimum Gasteiger partial charge on any atom is -0.493 e. The number of rotatable bonds is 8. The summed E-state index contributed by atoms with van der Waals surface area (Å²) in [5, 5.41) is 1.34. The average Bonchev–Trinajstić information content (AvgIpc) is 3.63. The van der Waals surface area contributed by atoms with Gasteiger partial charge >= 0.3 is 0 Å². The SMILES string of the molecule is CSNC(=O)c1cc(C2CC2)c(OCC2(C)CCN(C(C)c3ccc(Cl)cc3Cl)CC2)cc1F. The lowest BCUT2D eigenvalue weighted by Crippen LogP contribution is -2.42. The number of hydrogen-bond donors (Lipinski definition) is 1. The van der Waals surface area contributed by atoms with Gasteiger partial charge in [0.25, 0.3) is 5.91 Å². The average molecular weight is 526 g/mol. The molecule has 1 atom stereocenters. The van der Waals surface area contributed by atoms with Gasteiger partial charge in [-0.1, -0.05) is 48.1 Å². The van der Waals surface area contributed by atoms with Crippen molar-refractivity contribution >= 4 is 41.1 Å². The summed E-state index contributed by atoms with van der Waals surface area (Å²) in [7, 11) is 0. The molecule has 34 heavy (non-hydrogen) atoms. The molecule has 0 bridgehead atoms. The summed E-state index contributed by atoms with van der Waals surface area (Å²) < 4.78 is 23.6. The van der Waals surface area contributed by atoms with Crippen LogP contribution in [0.1, 0.15) is 73.0 Å². The van der Waals surface area contributed by atoms with E-state index >= 15 is 0 Å². The predicted octanol–water partition coefficient (Wildman–Crippen LogP) is 7.26. The lowest BCUT2D eigenvalue weighted by atomic mass is 9.80. The molecule has 1 N–H and O–H groups in total. The first-order valence-electron chi connectivity index (χ1n) is 11.7. The first-order chi connectivity index (χ1) is 16.2. The maximum atomic E-state index is 14.7. The van der Waals surface area contributed by atoms with Crippen molar-refractivity contribution in [1.82, 2.24) is 9.62 Å². The van der Waals surface area contributed by atoms with Gasteiger partial charge in [-0.05, 0) is 80.9 Å². The summed E-state index contributed by atoms with van der Waals surface area (Å²) in [5.74, 6) is -0.0333. The maximum Gasteiger partial charge on any atom is 0.264 e. The van der Waals surface area contributed by atoms with Crippen LogP contribution in [-0.4, -0.2) is 36.8 Å². The van der Waals surface area contributed by atoms with Crippen LogP contribution in [0, 0.1) is 11.2 Å². The van der Waals surface area contributed by atoms with Crippen molar-refractivity contribution in [2.24, 2.45) is 5.41 Å². The molecule has 1 aliphatic heterocycles. The van der Waals surface area contributed by atoms with Gasteiger partial charge in [0.15, 0.2) is 0 Å². The lowest BCUT2D eigenvalue weighted by molar-refractivity contribution is 0.0510. The summed E-state index contributed by atoms with van der Waals surface area (Å²) in [6.07, 6.45) is 5.77. The first kappa shape index (κ1) is 25.6. The van der Waals surface area contributed by atoms with Crippen molar-refractivity contribution in [2.45, 2.75) is 51.5 Å². The topological polar surface area (TPSA) is 41.6 Å². The van der Waals surface area contributed by atoms with Crippen LogP contribution in [0.5, 0.6) is 5.75 Å². The molecule has 2 aromatic rings. The molecule has 4 rings (SSSR count). The largest absolute Gasteiger partial charge is 0.493 e. The third kappa shape index (κ3) is 5.84. The van der Waals surface area contributed by atoms with E-state index in [2.05, 4.69) is 23.5 Å². The number of benzene rings is 2. The third-order valence-corrected chi connectivity index (χ3v) is 8.05. The Kier molecular flexibility index (Phi) is 8.02. The number of carbonyl (C=O) groups is 1. The standard InChI is InChI=1S/C26H31Cl2FN2O2S/c1-16(19-7-6-18(27)12-22(19)28)31-10-8-26(2,9-11-31)15-33-24-14-23(29)21(25(32)30-34-3)13-20(24)17-4-5-17/h6-7,12-14,16-17H,4-5,8-11,15H2,1-3H3,(H,30,32). The van der Waals surface area contributed by atoms with Crippen LogP contribution >= 0.6 is 35.1 Å². The number of halogens is 3. The van der Waals surface area contributed by atoms with E-state index in [4.69, 9.17) is 27.9 Å². The van der Waals surface area contributed by atoms with Crippen molar-refractivity contribution in [3.05, 3.63) is 62.9 Å². The number of nitrogens with one attached hydrogen (secondary N) is 1. The van der Waals surface area contributed by atoms with E-state index in [1.165, 1.54) is 6.07 Å². The van der Waals surface area contributed by atoms with Gasteiger partial charge in [0.1, 0.15) is 11.6 Å². The second kappa shape index (κ2) is 10.7. The predicted molar refractivity (Wildman–Crippen MR) is 139 cm³/mol. The molecular weight excluding hydrogens is 494 g/mol. The van der Waals surface area contributed by atoms with Gasteiger partial charge in [-0.15, -0.1) is 0 Å². The molecule has 1 heterocycles. The van der Waals surface area contributed by atoms with Gasteiger partial charge in [-0.2, -0.15) is 0 Å². The number of hydrogen-bond acceptors (Lipinski definition) is 4. The molecule has 0 radical (unpaired) electrons. The van der Waals surface area contributed by atoms with Crippen LogP contribution in [0.3, 0.4) is 0 Å². The quantitative estimate of drug-likeness (QED) is 0.369. The molecule has 1 saturated heterocycles. The van der Waals surface area contributed by atoms with E-state index in [1.807, 2.05) is 12.1 Å². The van der Waals surface area contributed by atoms with Crippen LogP contribution in [0.2, 0.25) is 10.0 Å². The fourth-order valence-corrected chi connectivity index (χ4v) is 5.48. The summed E-state index contributed by atoms with van der Waals surface area (Å²) >= 11 is 13.7. The van der Waals surface area contributed by atoms with Crippen LogP contribution < -0.4 is 9.46 Å². The van der Waals surface area contributed by atoms with Gasteiger partial charge in [0.05, 0.1) is 12.2 Å². The van der Waals surface area contributed by atoms with Crippen molar-refractivity contribution in [3.8, 4) is 5.75 Å². The fraction of sp³-hybridized carbons (Fsp3) is 0.500. The van der Waals surface area contributed by atoms with Gasteiger partial charge in [-0.3, -0.25) is 14.4 Å². The Morgan fingerprint density at radius 2 is 1.97 bits per heavy atom. The Balaban J connectivity index is 1.40. The highest BCUT2D eigenvalue weighted by Crippen LogP contribution is 2.46. The van der Waals surface area contributed by atoms with Gasteiger partial charge in [0, 0.05) is 33.8 Å². The molecule has 0 aromatic heterocycles. The number of piperidine rings is 1. The molecular formula is C26H31Cl2FN2O2S. The lowest BCUT2D eigenvalue weighted by Gasteiger charge is -2.42. The normalized spacial score (nSPS) is 19.0. The Hall–Kier alpha value is -1.47. The van der Waals surface area contributed by atoms with Gasteiger partial charge in [0.2, 0.25) is 0 Å². The van der Waals surface area contributed by atoms with Crippen LogP contribution in [0.15, 0.2) is 30.3 Å². The monoisotopic (exact) mass is 524 g/mol. The highest BCUT2D eigenvalue weighted by Gasteiger charge is 2.35. The van der Waals surface area contributed by atoms with E-state index in [0.29, 0.717) is 28.3 Å². The number of nitrogens with zero attached hydrogens (tertiary/aromatic N) is 1. The Bertz CT molecular complexity index is 1060. The first-order valence-corrected chi connectivity index (χ1v) is 13.7. The number of likely N-dealkylation sites (tertiary alicyclic amines) is 1. The molecule has 1 saturated carbocycles. The Morgan fingerprint density at radius 1 is 1.26 bits per heavy atom. The minimum atomic E-state index is -0.542. The summed E-state index contributed by atoms with van der Waals surface area (Å²) in [6, 6.07) is 8.95. The molecule has 2 aromatic carbocycles. The van der Waals surface area contributed by atoms with E-state index in [0.717, 1.165) is 61.8 Å². The van der Waals surface area contributed by atoms with Gasteiger partial charge < -0.3 is 4.74 Å². The summed E-state index contributed by atoms with van der Waals surface area (Å²) in [4.78, 5) is 14.7. The van der Waals surface area contributed by atoms with Crippen LogP contribution in [0.4, 0.5) is 4.39 Å². The number of carbonyl (C=O) groups excluding carboxylic acids is 1. The molecule has 1 amide bonds.